The Bertz CT molecular complexity index is 472. The quantitative estimate of drug-likeness (QED) is 0.780. The molecule has 0 saturated heterocycles. The predicted octanol–water partition coefficient (Wildman–Crippen LogP) is 3.36. The van der Waals surface area contributed by atoms with E-state index in [1.54, 1.807) is 0 Å². The van der Waals surface area contributed by atoms with Crippen LogP contribution in [0.5, 0.6) is 0 Å². The highest BCUT2D eigenvalue weighted by atomic mass is 16.4. The first kappa shape index (κ1) is 13.2. The highest BCUT2D eigenvalue weighted by Crippen LogP contribution is 2.71. The van der Waals surface area contributed by atoms with Gasteiger partial charge < -0.3 is 10.2 Å². The molecule has 0 unspecified atom stereocenters. The Labute approximate surface area is 133 Å². The lowest BCUT2D eigenvalue weighted by molar-refractivity contribution is -0.194. The zero-order valence-corrected chi connectivity index (χ0v) is 13.6. The number of hydrogen-bond acceptors (Lipinski definition) is 2. The van der Waals surface area contributed by atoms with Gasteiger partial charge in [-0.2, -0.15) is 0 Å². The van der Waals surface area contributed by atoms with E-state index in [2.05, 4.69) is 0 Å². The van der Waals surface area contributed by atoms with Gasteiger partial charge in [0.2, 0.25) is 0 Å². The van der Waals surface area contributed by atoms with Gasteiger partial charge in [0.15, 0.2) is 0 Å². The van der Waals surface area contributed by atoms with Crippen molar-refractivity contribution in [3.05, 3.63) is 0 Å². The number of hydrogen-bond donors (Lipinski definition) is 2. The molecule has 0 aliphatic heterocycles. The highest BCUT2D eigenvalue weighted by Gasteiger charge is 2.73. The summed E-state index contributed by atoms with van der Waals surface area (Å²) in [6.45, 7) is 0. The molecule has 6 saturated carbocycles. The summed E-state index contributed by atoms with van der Waals surface area (Å²) < 4.78 is 0. The van der Waals surface area contributed by atoms with Crippen LogP contribution < -0.4 is 0 Å². The van der Waals surface area contributed by atoms with Gasteiger partial charge in [-0.05, 0) is 112 Å². The molecule has 6 rings (SSSR count). The van der Waals surface area contributed by atoms with Gasteiger partial charge in [-0.1, -0.05) is 0 Å². The van der Waals surface area contributed by atoms with E-state index < -0.39 is 11.2 Å². The molecule has 22 heavy (non-hydrogen) atoms. The van der Waals surface area contributed by atoms with E-state index in [1.807, 2.05) is 0 Å². The number of aliphatic hydroxyl groups is 2. The molecule has 6 fully saturated rings. The van der Waals surface area contributed by atoms with Gasteiger partial charge in [0.05, 0.1) is 11.2 Å². The Hall–Kier alpha value is -0.0800. The van der Waals surface area contributed by atoms with Crippen molar-refractivity contribution < 1.29 is 10.2 Å². The summed E-state index contributed by atoms with van der Waals surface area (Å²) in [7, 11) is 0. The fourth-order valence-electron chi connectivity index (χ4n) is 9.24. The van der Waals surface area contributed by atoms with Gasteiger partial charge in [-0.3, -0.25) is 0 Å². The summed E-state index contributed by atoms with van der Waals surface area (Å²) in [5, 5.41) is 23.7. The lowest BCUT2D eigenvalue weighted by Gasteiger charge is -2.47. The SMILES string of the molecule is O[C@@]1([C@]2(O)C[C@@H]3CC[C@H]4CC[C@H]2[C@H]43)C[C@H]2CC[C@H]3CC[C@@H]1[C@H]32. The van der Waals surface area contributed by atoms with Crippen molar-refractivity contribution in [2.75, 3.05) is 0 Å². The largest absolute Gasteiger partial charge is 0.387 e. The van der Waals surface area contributed by atoms with Crippen LogP contribution in [0.1, 0.15) is 64.2 Å². The lowest BCUT2D eigenvalue weighted by Crippen LogP contribution is -2.59. The van der Waals surface area contributed by atoms with Crippen LogP contribution in [0.4, 0.5) is 0 Å². The summed E-state index contributed by atoms with van der Waals surface area (Å²) in [5.41, 5.74) is -1.47. The Kier molecular flexibility index (Phi) is 2.37. The Morgan fingerprint density at radius 2 is 0.864 bits per heavy atom. The van der Waals surface area contributed by atoms with Crippen molar-refractivity contribution in [1.82, 2.24) is 0 Å². The average Bonchev–Trinajstić information content (AvgIpc) is 3.24. The van der Waals surface area contributed by atoms with Crippen LogP contribution in [-0.2, 0) is 0 Å². The van der Waals surface area contributed by atoms with E-state index in [4.69, 9.17) is 0 Å². The van der Waals surface area contributed by atoms with Crippen LogP contribution in [0.15, 0.2) is 0 Å². The summed E-state index contributed by atoms with van der Waals surface area (Å²) in [6, 6.07) is 0. The minimum atomic E-state index is -0.735. The first-order chi connectivity index (χ1) is 10.6. The molecule has 2 N–H and O–H groups in total. The monoisotopic (exact) mass is 302 g/mol. The normalized spacial score (nSPS) is 67.9. The minimum absolute atomic E-state index is 0.424. The number of rotatable bonds is 1. The Morgan fingerprint density at radius 1 is 0.500 bits per heavy atom. The first-order valence-corrected chi connectivity index (χ1v) is 10.1. The van der Waals surface area contributed by atoms with Crippen molar-refractivity contribution >= 4 is 0 Å². The van der Waals surface area contributed by atoms with Crippen molar-refractivity contribution in [3.8, 4) is 0 Å². The Morgan fingerprint density at radius 3 is 1.32 bits per heavy atom. The van der Waals surface area contributed by atoms with Crippen LogP contribution >= 0.6 is 0 Å². The zero-order valence-electron chi connectivity index (χ0n) is 13.6. The van der Waals surface area contributed by atoms with Crippen LogP contribution in [0.3, 0.4) is 0 Å². The first-order valence-electron chi connectivity index (χ1n) is 10.1. The van der Waals surface area contributed by atoms with Crippen LogP contribution in [0.2, 0.25) is 0 Å². The molecule has 0 aromatic rings. The van der Waals surface area contributed by atoms with E-state index >= 15 is 0 Å². The van der Waals surface area contributed by atoms with Crippen molar-refractivity contribution in [2.45, 2.75) is 75.4 Å². The molecule has 2 nitrogen and oxygen atoms in total. The molecule has 0 amide bonds. The van der Waals surface area contributed by atoms with E-state index in [9.17, 15) is 10.2 Å². The summed E-state index contributed by atoms with van der Waals surface area (Å²) in [6.07, 6.45) is 12.3. The van der Waals surface area contributed by atoms with E-state index in [0.29, 0.717) is 11.8 Å². The van der Waals surface area contributed by atoms with Gasteiger partial charge >= 0.3 is 0 Å². The second kappa shape index (κ2) is 3.94. The summed E-state index contributed by atoms with van der Waals surface area (Å²) >= 11 is 0. The molecule has 10 atom stereocenters. The second-order valence-corrected chi connectivity index (χ2v) is 9.97. The van der Waals surface area contributed by atoms with Gasteiger partial charge in [0.1, 0.15) is 0 Å². The van der Waals surface area contributed by atoms with Crippen molar-refractivity contribution in [2.24, 2.45) is 47.3 Å². The minimum Gasteiger partial charge on any atom is -0.387 e. The average molecular weight is 302 g/mol. The van der Waals surface area contributed by atoms with Crippen molar-refractivity contribution in [1.29, 1.82) is 0 Å². The van der Waals surface area contributed by atoms with Crippen LogP contribution in [0, 0.1) is 47.3 Å². The van der Waals surface area contributed by atoms with E-state index in [-0.39, 0.29) is 0 Å². The maximum absolute atomic E-state index is 11.9. The fraction of sp³-hybridized carbons (Fsp3) is 1.00. The molecular formula is C20H30O2. The maximum Gasteiger partial charge on any atom is 0.0969 e. The third kappa shape index (κ3) is 1.27. The fourth-order valence-corrected chi connectivity index (χ4v) is 9.24. The van der Waals surface area contributed by atoms with Crippen LogP contribution in [0.25, 0.3) is 0 Å². The van der Waals surface area contributed by atoms with Crippen molar-refractivity contribution in [3.63, 3.8) is 0 Å². The third-order valence-electron chi connectivity index (χ3n) is 9.74. The summed E-state index contributed by atoms with van der Waals surface area (Å²) in [4.78, 5) is 0. The van der Waals surface area contributed by atoms with E-state index in [1.165, 1.54) is 51.4 Å². The predicted molar refractivity (Wildman–Crippen MR) is 84.0 cm³/mol. The van der Waals surface area contributed by atoms with Gasteiger partial charge in [-0.25, -0.2) is 0 Å². The molecule has 0 bridgehead atoms. The molecule has 0 spiro atoms. The smallest absolute Gasteiger partial charge is 0.0969 e. The van der Waals surface area contributed by atoms with Gasteiger partial charge in [0.25, 0.3) is 0 Å². The topological polar surface area (TPSA) is 40.5 Å². The Balaban J connectivity index is 1.41. The second-order valence-electron chi connectivity index (χ2n) is 9.97. The molecule has 6 aliphatic carbocycles. The third-order valence-corrected chi connectivity index (χ3v) is 9.74. The molecule has 2 heteroatoms. The molecule has 0 aromatic heterocycles. The van der Waals surface area contributed by atoms with Crippen LogP contribution in [-0.4, -0.2) is 21.4 Å². The molecular weight excluding hydrogens is 272 g/mol. The molecule has 6 aliphatic rings. The van der Waals surface area contributed by atoms with E-state index in [0.717, 1.165) is 48.3 Å². The summed E-state index contributed by atoms with van der Waals surface area (Å²) in [5.74, 6) is 5.57. The maximum atomic E-state index is 11.9. The zero-order chi connectivity index (χ0) is 14.7. The standard InChI is InChI=1S/C20H30O2/c21-19(9-13-3-1-11-5-7-15(19)17(11)13)20(22)10-14-4-2-12-6-8-16(20)18(12)14/h11-18,21-22H,1-10H2/t11-,12-,13-,14+,15-,16+,17+,18+,19-,20-/m0/s1. The highest BCUT2D eigenvalue weighted by molar-refractivity contribution is 5.23. The lowest BCUT2D eigenvalue weighted by atomic mass is 9.67. The molecule has 0 aromatic carbocycles. The molecule has 0 heterocycles. The molecule has 122 valence electrons. The van der Waals surface area contributed by atoms with Gasteiger partial charge in [0, 0.05) is 0 Å². The van der Waals surface area contributed by atoms with Gasteiger partial charge in [-0.15, -0.1) is 0 Å². The molecule has 0 radical (unpaired) electrons.